The van der Waals surface area contributed by atoms with Gasteiger partial charge in [-0.3, -0.25) is 4.99 Å². The number of hydrogen-bond acceptors (Lipinski definition) is 1. The van der Waals surface area contributed by atoms with Gasteiger partial charge in [-0.25, -0.2) is 0 Å². The Morgan fingerprint density at radius 3 is 2.25 bits per heavy atom. The minimum Gasteiger partial charge on any atom is -0.353 e. The lowest BCUT2D eigenvalue weighted by Crippen LogP contribution is -2.36. The first-order valence-electron chi connectivity index (χ1n) is 6.62. The summed E-state index contributed by atoms with van der Waals surface area (Å²) in [6, 6.07) is 8.70. The first-order valence-corrected chi connectivity index (χ1v) is 6.62. The van der Waals surface area contributed by atoms with Crippen molar-refractivity contribution in [3.8, 4) is 0 Å². The molecule has 0 heterocycles. The Hall–Kier alpha value is -1.04. The summed E-state index contributed by atoms with van der Waals surface area (Å²) < 4.78 is 0. The van der Waals surface area contributed by atoms with E-state index in [9.17, 15) is 0 Å². The van der Waals surface area contributed by atoms with E-state index in [-0.39, 0.29) is 29.4 Å². The Bertz CT molecular complexity index is 430. The average Bonchev–Trinajstić information content (AvgIpc) is 2.38. The second-order valence-corrected chi connectivity index (χ2v) is 5.54. The average molecular weight is 387 g/mol. The Kier molecular flexibility index (Phi) is 8.53. The highest BCUT2D eigenvalue weighted by Crippen LogP contribution is 2.22. The summed E-state index contributed by atoms with van der Waals surface area (Å²) in [5, 5.41) is 6.42. The lowest BCUT2D eigenvalue weighted by atomic mass is 9.87. The number of guanidine groups is 1. The highest BCUT2D eigenvalue weighted by atomic mass is 127. The molecule has 0 bridgehead atoms. The molecule has 0 atom stereocenters. The van der Waals surface area contributed by atoms with Crippen LogP contribution in [0.2, 0.25) is 0 Å². The molecule has 0 unspecified atom stereocenters. The molecule has 0 aliphatic heterocycles. The fourth-order valence-electron chi connectivity index (χ4n) is 1.70. The van der Waals surface area contributed by atoms with E-state index in [1.807, 2.05) is 6.08 Å². The van der Waals surface area contributed by atoms with E-state index >= 15 is 0 Å². The number of aliphatic imine (C=N–C) groups is 1. The molecule has 112 valence electrons. The standard InChI is InChI=1S/C16H25N3.HI/c1-6-11-18-15(17-5)19-12-13-7-9-14(10-8-13)16(2,3)4;/h6-10H,1,11-12H2,2-5H3,(H2,17,18,19);1H. The molecule has 2 N–H and O–H groups in total. The number of nitrogens with zero attached hydrogens (tertiary/aromatic N) is 1. The van der Waals surface area contributed by atoms with Crippen LogP contribution in [0.15, 0.2) is 41.9 Å². The van der Waals surface area contributed by atoms with Crippen LogP contribution >= 0.6 is 24.0 Å². The first kappa shape index (κ1) is 19.0. The van der Waals surface area contributed by atoms with E-state index in [4.69, 9.17) is 0 Å². The Balaban J connectivity index is 0.00000361. The van der Waals surface area contributed by atoms with Crippen LogP contribution in [0, 0.1) is 0 Å². The summed E-state index contributed by atoms with van der Waals surface area (Å²) in [5.74, 6) is 0.791. The van der Waals surface area contributed by atoms with E-state index in [2.05, 4.69) is 67.2 Å². The van der Waals surface area contributed by atoms with E-state index in [1.165, 1.54) is 11.1 Å². The van der Waals surface area contributed by atoms with E-state index in [0.717, 1.165) is 12.5 Å². The molecular formula is C16H26IN3. The summed E-state index contributed by atoms with van der Waals surface area (Å²) in [7, 11) is 1.77. The van der Waals surface area contributed by atoms with Gasteiger partial charge in [-0.15, -0.1) is 30.6 Å². The van der Waals surface area contributed by atoms with Crippen molar-refractivity contribution in [3.63, 3.8) is 0 Å². The van der Waals surface area contributed by atoms with Crippen molar-refractivity contribution in [1.29, 1.82) is 0 Å². The molecule has 0 aliphatic carbocycles. The predicted octanol–water partition coefficient (Wildman–Crippen LogP) is 3.45. The van der Waals surface area contributed by atoms with Gasteiger partial charge in [0, 0.05) is 20.1 Å². The maximum atomic E-state index is 4.14. The van der Waals surface area contributed by atoms with Crippen molar-refractivity contribution < 1.29 is 0 Å². The summed E-state index contributed by atoms with van der Waals surface area (Å²) in [4.78, 5) is 4.14. The molecule has 0 fully saturated rings. The number of rotatable bonds is 4. The highest BCUT2D eigenvalue weighted by molar-refractivity contribution is 14.0. The van der Waals surface area contributed by atoms with Crippen LogP contribution in [0.25, 0.3) is 0 Å². The number of hydrogen-bond donors (Lipinski definition) is 2. The molecule has 0 amide bonds. The molecule has 20 heavy (non-hydrogen) atoms. The Morgan fingerprint density at radius 1 is 1.20 bits per heavy atom. The van der Waals surface area contributed by atoms with Gasteiger partial charge in [0.05, 0.1) is 0 Å². The van der Waals surface area contributed by atoms with E-state index < -0.39 is 0 Å². The fraction of sp³-hybridized carbons (Fsp3) is 0.438. The van der Waals surface area contributed by atoms with Gasteiger partial charge in [-0.1, -0.05) is 51.1 Å². The van der Waals surface area contributed by atoms with Crippen molar-refractivity contribution in [2.75, 3.05) is 13.6 Å². The third kappa shape index (κ3) is 6.41. The molecule has 0 aromatic heterocycles. The lowest BCUT2D eigenvalue weighted by molar-refractivity contribution is 0.590. The predicted molar refractivity (Wildman–Crippen MR) is 99.0 cm³/mol. The molecule has 1 aromatic rings. The van der Waals surface area contributed by atoms with E-state index in [0.29, 0.717) is 6.54 Å². The van der Waals surface area contributed by atoms with Crippen molar-refractivity contribution in [1.82, 2.24) is 10.6 Å². The minimum absolute atomic E-state index is 0. The first-order chi connectivity index (χ1) is 8.97. The molecule has 0 saturated heterocycles. The van der Waals surface area contributed by atoms with Crippen LogP contribution in [0.3, 0.4) is 0 Å². The summed E-state index contributed by atoms with van der Waals surface area (Å²) in [6.07, 6.45) is 1.81. The van der Waals surface area contributed by atoms with Gasteiger partial charge in [0.25, 0.3) is 0 Å². The zero-order chi connectivity index (χ0) is 14.3. The van der Waals surface area contributed by atoms with Crippen molar-refractivity contribution >= 4 is 29.9 Å². The van der Waals surface area contributed by atoms with Crippen LogP contribution in [0.1, 0.15) is 31.9 Å². The molecular weight excluding hydrogens is 361 g/mol. The molecule has 1 rings (SSSR count). The molecule has 1 aromatic carbocycles. The van der Waals surface area contributed by atoms with Gasteiger partial charge in [0.1, 0.15) is 0 Å². The third-order valence-electron chi connectivity index (χ3n) is 2.92. The number of benzene rings is 1. The van der Waals surface area contributed by atoms with Crippen LogP contribution in [0.4, 0.5) is 0 Å². The van der Waals surface area contributed by atoms with Crippen molar-refractivity contribution in [2.45, 2.75) is 32.7 Å². The summed E-state index contributed by atoms with van der Waals surface area (Å²) in [6.45, 7) is 11.8. The largest absolute Gasteiger partial charge is 0.353 e. The third-order valence-corrected chi connectivity index (χ3v) is 2.92. The van der Waals surface area contributed by atoms with E-state index in [1.54, 1.807) is 7.05 Å². The van der Waals surface area contributed by atoms with Gasteiger partial charge >= 0.3 is 0 Å². The normalized spacial score (nSPS) is 11.5. The number of nitrogens with one attached hydrogen (secondary N) is 2. The molecule has 0 aliphatic rings. The van der Waals surface area contributed by atoms with Gasteiger partial charge in [0.2, 0.25) is 0 Å². The van der Waals surface area contributed by atoms with Gasteiger partial charge in [-0.05, 0) is 16.5 Å². The van der Waals surface area contributed by atoms with Crippen molar-refractivity contribution in [3.05, 3.63) is 48.0 Å². The monoisotopic (exact) mass is 387 g/mol. The zero-order valence-electron chi connectivity index (χ0n) is 12.9. The van der Waals surface area contributed by atoms with Crippen LogP contribution in [0.5, 0.6) is 0 Å². The lowest BCUT2D eigenvalue weighted by Gasteiger charge is -2.19. The topological polar surface area (TPSA) is 36.4 Å². The van der Waals surface area contributed by atoms with Crippen LogP contribution in [-0.2, 0) is 12.0 Å². The van der Waals surface area contributed by atoms with Gasteiger partial charge < -0.3 is 10.6 Å². The van der Waals surface area contributed by atoms with Crippen molar-refractivity contribution in [2.24, 2.45) is 4.99 Å². The van der Waals surface area contributed by atoms with Gasteiger partial charge in [-0.2, -0.15) is 0 Å². The molecule has 4 heteroatoms. The molecule has 0 saturated carbocycles. The second kappa shape index (κ2) is 9.00. The minimum atomic E-state index is 0. The molecule has 0 radical (unpaired) electrons. The Morgan fingerprint density at radius 2 is 1.80 bits per heavy atom. The number of halogens is 1. The molecule has 0 spiro atoms. The summed E-state index contributed by atoms with van der Waals surface area (Å²) >= 11 is 0. The SMILES string of the molecule is C=CCNC(=NC)NCc1ccc(C(C)(C)C)cc1.I. The quantitative estimate of drug-likeness (QED) is 0.359. The van der Waals surface area contributed by atoms with Gasteiger partial charge in [0.15, 0.2) is 5.96 Å². The molecule has 3 nitrogen and oxygen atoms in total. The van der Waals surface area contributed by atoms with Crippen LogP contribution in [-0.4, -0.2) is 19.6 Å². The maximum Gasteiger partial charge on any atom is 0.191 e. The van der Waals surface area contributed by atoms with Crippen LogP contribution < -0.4 is 10.6 Å². The fourth-order valence-corrected chi connectivity index (χ4v) is 1.70. The zero-order valence-corrected chi connectivity index (χ0v) is 15.2. The Labute approximate surface area is 140 Å². The second-order valence-electron chi connectivity index (χ2n) is 5.54. The smallest absolute Gasteiger partial charge is 0.191 e. The summed E-state index contributed by atoms with van der Waals surface area (Å²) in [5.41, 5.74) is 2.80. The maximum absolute atomic E-state index is 4.14. The highest BCUT2D eigenvalue weighted by Gasteiger charge is 2.12.